The lowest BCUT2D eigenvalue weighted by molar-refractivity contribution is -0.118. The molecule has 0 unspecified atom stereocenters. The highest BCUT2D eigenvalue weighted by molar-refractivity contribution is 6.04. The molecule has 0 aliphatic carbocycles. The zero-order valence-electron chi connectivity index (χ0n) is 26.8. The molecule has 0 aliphatic rings. The maximum atomic E-state index is 12.2. The number of carbonyl (C=O) groups excluding carboxylic acids is 2. The Kier molecular flexibility index (Phi) is 15.3. The molecule has 0 bridgehead atoms. The van der Waals surface area contributed by atoms with Crippen molar-refractivity contribution in [2.24, 2.45) is 11.8 Å². The number of hydrogen-bond acceptors (Lipinski definition) is 8. The number of carbonyl (C=O) groups is 2. The van der Waals surface area contributed by atoms with Gasteiger partial charge in [0.05, 0.1) is 38.6 Å². The Morgan fingerprint density at radius 2 is 1.00 bits per heavy atom. The molecule has 0 spiro atoms. The summed E-state index contributed by atoms with van der Waals surface area (Å²) in [5.41, 5.74) is 1.66. The number of methoxy groups -OCH3 is 2. The van der Waals surface area contributed by atoms with Crippen LogP contribution in [0.1, 0.15) is 77.3 Å². The third kappa shape index (κ3) is 11.3. The van der Waals surface area contributed by atoms with E-state index < -0.39 is 0 Å². The van der Waals surface area contributed by atoms with Crippen molar-refractivity contribution < 1.29 is 28.5 Å². The van der Waals surface area contributed by atoms with Gasteiger partial charge in [-0.1, -0.05) is 65.5 Å². The van der Waals surface area contributed by atoms with Gasteiger partial charge in [-0.3, -0.25) is 9.59 Å². The molecule has 0 saturated carbocycles. The smallest absolute Gasteiger partial charge is 0.175 e. The molecule has 2 aromatic carbocycles. The second-order valence-corrected chi connectivity index (χ2v) is 11.0. The first kappa shape index (κ1) is 35.6. The molecule has 2 aromatic rings. The molecule has 44 heavy (non-hydrogen) atoms. The Hall–Kier alpha value is -4.56. The number of nitrogens with zero attached hydrogens (tertiary/aromatic N) is 2. The number of benzene rings is 2. The van der Waals surface area contributed by atoms with Crippen LogP contribution in [0.25, 0.3) is 12.2 Å². The Morgan fingerprint density at radius 1 is 0.636 bits per heavy atom. The van der Waals surface area contributed by atoms with Crippen LogP contribution in [-0.2, 0) is 9.59 Å². The van der Waals surface area contributed by atoms with Gasteiger partial charge in [0.25, 0.3) is 0 Å². The lowest BCUT2D eigenvalue weighted by Crippen LogP contribution is -2.08. The molecule has 0 atom stereocenters. The van der Waals surface area contributed by atoms with Crippen molar-refractivity contribution in [1.29, 1.82) is 10.5 Å². The van der Waals surface area contributed by atoms with Crippen molar-refractivity contribution in [3.8, 4) is 35.1 Å². The van der Waals surface area contributed by atoms with Gasteiger partial charge in [0.1, 0.15) is 12.1 Å². The van der Waals surface area contributed by atoms with Crippen LogP contribution in [0.5, 0.6) is 23.0 Å². The summed E-state index contributed by atoms with van der Waals surface area (Å²) < 4.78 is 22.8. The maximum absolute atomic E-state index is 12.2. The minimum absolute atomic E-state index is 0.122. The van der Waals surface area contributed by atoms with Crippen molar-refractivity contribution in [3.63, 3.8) is 0 Å². The average molecular weight is 601 g/mol. The molecule has 234 valence electrons. The fourth-order valence-electron chi connectivity index (χ4n) is 4.33. The summed E-state index contributed by atoms with van der Waals surface area (Å²) in [6.45, 7) is 8.21. The number of ether oxygens (including phenoxy) is 4. The molecule has 0 aromatic heterocycles. The molecule has 8 nitrogen and oxygen atoms in total. The lowest BCUT2D eigenvalue weighted by atomic mass is 10.00. The van der Waals surface area contributed by atoms with Crippen LogP contribution in [0.4, 0.5) is 0 Å². The molecule has 0 amide bonds. The second kappa shape index (κ2) is 18.9. The van der Waals surface area contributed by atoms with Gasteiger partial charge in [0.15, 0.2) is 34.6 Å². The van der Waals surface area contributed by atoms with E-state index in [1.807, 2.05) is 24.3 Å². The van der Waals surface area contributed by atoms with Crippen LogP contribution in [0.2, 0.25) is 0 Å². The summed E-state index contributed by atoms with van der Waals surface area (Å²) in [5.74, 6) is 1.51. The highest BCUT2D eigenvalue weighted by Gasteiger charge is 2.15. The minimum Gasteiger partial charge on any atom is -0.493 e. The van der Waals surface area contributed by atoms with Gasteiger partial charge in [-0.05, 0) is 60.4 Å². The number of allylic oxidation sites excluding steroid dienone is 2. The third-order valence-electron chi connectivity index (χ3n) is 6.87. The van der Waals surface area contributed by atoms with Gasteiger partial charge in [0.2, 0.25) is 0 Å². The quantitative estimate of drug-likeness (QED) is 0.0911. The molecular weight excluding hydrogens is 556 g/mol. The Bertz CT molecular complexity index is 1300. The van der Waals surface area contributed by atoms with E-state index in [0.717, 1.165) is 38.5 Å². The average Bonchev–Trinajstić information content (AvgIpc) is 3.03. The Labute approximate surface area is 261 Å². The SMILES string of the molecule is COc1cc(C=C(C#N)C(=O)C(C)C)ccc1OCCCCCCCCOc1ccc(C=C(C#N)C(=O)C(C)C)cc1OC. The zero-order chi connectivity index (χ0) is 32.5. The number of rotatable bonds is 19. The van der Waals surface area contributed by atoms with E-state index in [0.29, 0.717) is 47.3 Å². The number of unbranched alkanes of at least 4 members (excludes halogenated alkanes) is 5. The van der Waals surface area contributed by atoms with Gasteiger partial charge in [-0.2, -0.15) is 10.5 Å². The number of Topliss-reactive ketones (excluding diaryl/α,β-unsaturated/α-hetero) is 2. The fraction of sp³-hybridized carbons (Fsp3) is 0.444. The Balaban J connectivity index is 1.72. The van der Waals surface area contributed by atoms with Crippen LogP contribution < -0.4 is 18.9 Å². The highest BCUT2D eigenvalue weighted by atomic mass is 16.5. The lowest BCUT2D eigenvalue weighted by Gasteiger charge is -2.12. The number of hydrogen-bond donors (Lipinski definition) is 0. The van der Waals surface area contributed by atoms with Crippen molar-refractivity contribution in [3.05, 3.63) is 58.7 Å². The molecular formula is C36H44N2O6. The van der Waals surface area contributed by atoms with Gasteiger partial charge in [0, 0.05) is 11.8 Å². The molecule has 0 N–H and O–H groups in total. The van der Waals surface area contributed by atoms with Crippen molar-refractivity contribution in [1.82, 2.24) is 0 Å². The van der Waals surface area contributed by atoms with E-state index in [4.69, 9.17) is 18.9 Å². The largest absolute Gasteiger partial charge is 0.493 e. The summed E-state index contributed by atoms with van der Waals surface area (Å²) in [4.78, 5) is 24.4. The summed E-state index contributed by atoms with van der Waals surface area (Å²) in [6, 6.07) is 14.7. The molecule has 0 saturated heterocycles. The van der Waals surface area contributed by atoms with E-state index >= 15 is 0 Å². The first-order valence-corrected chi connectivity index (χ1v) is 15.1. The van der Waals surface area contributed by atoms with Gasteiger partial charge in [-0.15, -0.1) is 0 Å². The van der Waals surface area contributed by atoms with E-state index in [-0.39, 0.29) is 34.5 Å². The Morgan fingerprint density at radius 3 is 1.32 bits per heavy atom. The molecule has 8 heteroatoms. The topological polar surface area (TPSA) is 119 Å². The van der Waals surface area contributed by atoms with Gasteiger partial charge < -0.3 is 18.9 Å². The molecule has 2 rings (SSSR count). The summed E-state index contributed by atoms with van der Waals surface area (Å²) in [5, 5.41) is 18.7. The maximum Gasteiger partial charge on any atom is 0.175 e. The van der Waals surface area contributed by atoms with Gasteiger partial charge in [-0.25, -0.2) is 0 Å². The van der Waals surface area contributed by atoms with E-state index in [1.54, 1.807) is 78.3 Å². The first-order chi connectivity index (χ1) is 21.1. The molecule has 0 heterocycles. The van der Waals surface area contributed by atoms with E-state index in [9.17, 15) is 20.1 Å². The van der Waals surface area contributed by atoms with Crippen LogP contribution in [0.15, 0.2) is 47.5 Å². The second-order valence-electron chi connectivity index (χ2n) is 11.0. The van der Waals surface area contributed by atoms with Crippen LogP contribution in [0.3, 0.4) is 0 Å². The van der Waals surface area contributed by atoms with E-state index in [2.05, 4.69) is 0 Å². The summed E-state index contributed by atoms with van der Waals surface area (Å²) in [7, 11) is 3.13. The van der Waals surface area contributed by atoms with Crippen molar-refractivity contribution in [2.45, 2.75) is 66.2 Å². The van der Waals surface area contributed by atoms with Crippen molar-refractivity contribution in [2.75, 3.05) is 27.4 Å². The summed E-state index contributed by atoms with van der Waals surface area (Å²) >= 11 is 0. The van der Waals surface area contributed by atoms with Crippen LogP contribution in [0, 0.1) is 34.5 Å². The van der Waals surface area contributed by atoms with E-state index in [1.165, 1.54) is 0 Å². The predicted molar refractivity (Wildman–Crippen MR) is 172 cm³/mol. The zero-order valence-corrected chi connectivity index (χ0v) is 26.8. The predicted octanol–water partition coefficient (Wildman–Crippen LogP) is 7.77. The third-order valence-corrected chi connectivity index (χ3v) is 6.87. The first-order valence-electron chi connectivity index (χ1n) is 15.1. The van der Waals surface area contributed by atoms with Gasteiger partial charge >= 0.3 is 0 Å². The molecule has 0 aliphatic heterocycles. The fourth-order valence-corrected chi connectivity index (χ4v) is 4.33. The normalized spacial score (nSPS) is 11.6. The van der Waals surface area contributed by atoms with Crippen LogP contribution >= 0.6 is 0 Å². The van der Waals surface area contributed by atoms with Crippen molar-refractivity contribution >= 4 is 23.7 Å². The minimum atomic E-state index is -0.246. The number of nitriles is 2. The van der Waals surface area contributed by atoms with Crippen LogP contribution in [-0.4, -0.2) is 39.0 Å². The highest BCUT2D eigenvalue weighted by Crippen LogP contribution is 2.31. The molecule has 0 radical (unpaired) electrons. The standard InChI is InChI=1S/C36H44N2O6/c1-25(2)35(39)29(23-37)19-27-13-15-31(33(21-27)41-5)43-17-11-9-7-8-10-12-18-44-32-16-14-28(22-34(32)42-6)20-30(24-38)36(40)26(3)4/h13-16,19-22,25-26H,7-12,17-18H2,1-6H3. The molecule has 0 fully saturated rings. The summed E-state index contributed by atoms with van der Waals surface area (Å²) in [6.07, 6.45) is 9.25. The monoisotopic (exact) mass is 600 g/mol. The number of ketones is 2.